The van der Waals surface area contributed by atoms with Crippen LogP contribution in [0.25, 0.3) is 0 Å². The maximum absolute atomic E-state index is 13.7. The minimum absolute atomic E-state index is 0.117. The van der Waals surface area contributed by atoms with E-state index in [9.17, 15) is 13.2 Å². The van der Waals surface area contributed by atoms with Crippen molar-refractivity contribution in [3.63, 3.8) is 0 Å². The number of aliphatic hydroxyl groups is 1. The maximum atomic E-state index is 13.7. The third-order valence-electron chi connectivity index (χ3n) is 3.11. The predicted octanol–water partition coefficient (Wildman–Crippen LogP) is 5.03. The van der Waals surface area contributed by atoms with E-state index in [1.54, 1.807) is 6.92 Å². The zero-order chi connectivity index (χ0) is 18.1. The Hall–Kier alpha value is -0.720. The summed E-state index contributed by atoms with van der Waals surface area (Å²) in [6.07, 6.45) is 0.452. The number of aryl methyl sites for hydroxylation is 1. The molecular formula is C17H28F3NOS. The second kappa shape index (κ2) is 10.2. The molecule has 1 aromatic rings. The first kappa shape index (κ1) is 22.3. The molecule has 134 valence electrons. The smallest absolute Gasteiger partial charge is 0.276 e. The van der Waals surface area contributed by atoms with Gasteiger partial charge in [0.1, 0.15) is 5.82 Å². The molecule has 0 amide bonds. The van der Waals surface area contributed by atoms with Crippen molar-refractivity contribution in [2.75, 3.05) is 6.61 Å². The summed E-state index contributed by atoms with van der Waals surface area (Å²) in [6, 6.07) is 4.10. The molecule has 0 unspecified atom stereocenters. The molecule has 0 spiro atoms. The van der Waals surface area contributed by atoms with Gasteiger partial charge in [-0.3, -0.25) is 5.14 Å². The Balaban J connectivity index is 0.000000688. The van der Waals surface area contributed by atoms with Gasteiger partial charge < -0.3 is 5.11 Å². The van der Waals surface area contributed by atoms with Crippen LogP contribution >= 0.6 is 11.9 Å². The summed E-state index contributed by atoms with van der Waals surface area (Å²) in [5.74, 6) is -3.96. The minimum atomic E-state index is -3.16. The van der Waals surface area contributed by atoms with Gasteiger partial charge in [-0.2, -0.15) is 0 Å². The normalized spacial score (nSPS) is 11.9. The molecule has 0 aliphatic heterocycles. The average Bonchev–Trinajstić information content (AvgIpc) is 2.47. The molecule has 0 heterocycles. The van der Waals surface area contributed by atoms with E-state index in [2.05, 4.69) is 20.8 Å². The zero-order valence-electron chi connectivity index (χ0n) is 14.3. The van der Waals surface area contributed by atoms with Crippen LogP contribution in [0.2, 0.25) is 0 Å². The molecule has 0 saturated carbocycles. The van der Waals surface area contributed by atoms with Crippen LogP contribution in [0.4, 0.5) is 13.2 Å². The molecule has 1 aromatic carbocycles. The highest BCUT2D eigenvalue weighted by Gasteiger charge is 2.34. The fourth-order valence-electron chi connectivity index (χ4n) is 1.73. The molecule has 0 aromatic heterocycles. The van der Waals surface area contributed by atoms with E-state index in [4.69, 9.17) is 10.2 Å². The van der Waals surface area contributed by atoms with Crippen molar-refractivity contribution in [3.8, 4) is 0 Å². The summed E-state index contributed by atoms with van der Waals surface area (Å²) < 4.78 is 41.5. The first-order valence-electron chi connectivity index (χ1n) is 7.73. The van der Waals surface area contributed by atoms with Crippen molar-refractivity contribution in [3.05, 3.63) is 35.1 Å². The van der Waals surface area contributed by atoms with Gasteiger partial charge in [0.25, 0.3) is 5.92 Å². The van der Waals surface area contributed by atoms with Crippen LogP contribution in [0.3, 0.4) is 0 Å². The van der Waals surface area contributed by atoms with Gasteiger partial charge in [-0.05, 0) is 45.6 Å². The Morgan fingerprint density at radius 3 is 2.17 bits per heavy atom. The van der Waals surface area contributed by atoms with E-state index in [0.29, 0.717) is 18.4 Å². The minimum Gasteiger partial charge on any atom is -0.396 e. The van der Waals surface area contributed by atoms with Gasteiger partial charge in [-0.25, -0.2) is 13.2 Å². The van der Waals surface area contributed by atoms with Crippen LogP contribution in [0.5, 0.6) is 0 Å². The molecule has 2 nitrogen and oxygen atoms in total. The van der Waals surface area contributed by atoms with Crippen molar-refractivity contribution in [2.24, 2.45) is 5.14 Å². The van der Waals surface area contributed by atoms with Gasteiger partial charge in [0, 0.05) is 17.8 Å². The van der Waals surface area contributed by atoms with E-state index >= 15 is 0 Å². The summed E-state index contributed by atoms with van der Waals surface area (Å²) in [6.45, 7) is 7.85. The zero-order valence-corrected chi connectivity index (χ0v) is 15.2. The summed E-state index contributed by atoms with van der Waals surface area (Å²) >= 11 is 1.38. The van der Waals surface area contributed by atoms with Gasteiger partial charge in [0.15, 0.2) is 0 Å². The van der Waals surface area contributed by atoms with E-state index in [-0.39, 0.29) is 17.8 Å². The molecule has 6 heteroatoms. The Bertz CT molecular complexity index is 462. The number of aliphatic hydroxyl groups excluding tert-OH is 1. The summed E-state index contributed by atoms with van der Waals surface area (Å²) in [7, 11) is 0. The molecule has 0 saturated heterocycles. The number of hydrogen-bond acceptors (Lipinski definition) is 3. The molecule has 3 N–H and O–H groups in total. The Morgan fingerprint density at radius 1 is 1.17 bits per heavy atom. The second-order valence-corrected chi connectivity index (χ2v) is 7.71. The lowest BCUT2D eigenvalue weighted by Crippen LogP contribution is -2.16. The van der Waals surface area contributed by atoms with E-state index in [1.165, 1.54) is 24.1 Å². The standard InChI is InChI=1S/C13H17F3O.C4H11NS/c1-2-10-6-5-7-11(12(10)14)13(15,16)8-3-4-9-17;1-4(2,3)6-5/h5-7,17H,2-4,8-9H2,1H3;5H2,1-3H3. The van der Waals surface area contributed by atoms with Gasteiger partial charge in [0.05, 0.1) is 5.56 Å². The first-order valence-corrected chi connectivity index (χ1v) is 8.61. The number of halogens is 3. The van der Waals surface area contributed by atoms with Crippen LogP contribution in [0.1, 0.15) is 58.1 Å². The highest BCUT2D eigenvalue weighted by atomic mass is 32.2. The SMILES string of the molecule is CC(C)(C)SN.CCc1cccc(C(F)(F)CCCCO)c1F. The van der Waals surface area contributed by atoms with Gasteiger partial charge in [0.2, 0.25) is 0 Å². The first-order chi connectivity index (χ1) is 10.6. The highest BCUT2D eigenvalue weighted by Crippen LogP contribution is 2.35. The van der Waals surface area contributed by atoms with Crippen molar-refractivity contribution >= 4 is 11.9 Å². The van der Waals surface area contributed by atoms with Crippen molar-refractivity contribution in [2.45, 2.75) is 64.0 Å². The third kappa shape index (κ3) is 8.63. The largest absolute Gasteiger partial charge is 0.396 e. The lowest BCUT2D eigenvalue weighted by atomic mass is 9.99. The monoisotopic (exact) mass is 351 g/mol. The molecular weight excluding hydrogens is 323 g/mol. The third-order valence-corrected chi connectivity index (χ3v) is 3.81. The molecule has 0 aliphatic carbocycles. The molecule has 23 heavy (non-hydrogen) atoms. The molecule has 0 atom stereocenters. The van der Waals surface area contributed by atoms with Gasteiger partial charge in [-0.15, -0.1) is 0 Å². The lowest BCUT2D eigenvalue weighted by molar-refractivity contribution is -0.0199. The molecule has 0 bridgehead atoms. The fraction of sp³-hybridized carbons (Fsp3) is 0.647. The van der Waals surface area contributed by atoms with Crippen LogP contribution in [0.15, 0.2) is 18.2 Å². The topological polar surface area (TPSA) is 46.2 Å². The number of alkyl halides is 2. The van der Waals surface area contributed by atoms with Crippen molar-refractivity contribution < 1.29 is 18.3 Å². The Kier molecular flexibility index (Phi) is 9.89. The number of benzene rings is 1. The van der Waals surface area contributed by atoms with E-state index in [1.807, 2.05) is 0 Å². The molecule has 0 fully saturated rings. The Labute approximate surface area is 141 Å². The van der Waals surface area contributed by atoms with Gasteiger partial charge in [-0.1, -0.05) is 37.1 Å². The maximum Gasteiger partial charge on any atom is 0.276 e. The number of nitrogens with two attached hydrogens (primary N) is 1. The van der Waals surface area contributed by atoms with Crippen LogP contribution in [0, 0.1) is 5.82 Å². The van der Waals surface area contributed by atoms with Crippen molar-refractivity contribution in [1.29, 1.82) is 0 Å². The van der Waals surface area contributed by atoms with Crippen LogP contribution in [-0.2, 0) is 12.3 Å². The highest BCUT2D eigenvalue weighted by molar-refractivity contribution is 7.98. The predicted molar refractivity (Wildman–Crippen MR) is 92.1 cm³/mol. The average molecular weight is 351 g/mol. The van der Waals surface area contributed by atoms with E-state index in [0.717, 1.165) is 6.07 Å². The lowest BCUT2D eigenvalue weighted by Gasteiger charge is -2.18. The number of hydrogen-bond donors (Lipinski definition) is 2. The van der Waals surface area contributed by atoms with Crippen LogP contribution in [-0.4, -0.2) is 16.5 Å². The van der Waals surface area contributed by atoms with Gasteiger partial charge >= 0.3 is 0 Å². The molecule has 0 aliphatic rings. The second-order valence-electron chi connectivity index (χ2n) is 6.25. The molecule has 1 rings (SSSR count). The van der Waals surface area contributed by atoms with Crippen molar-refractivity contribution in [1.82, 2.24) is 0 Å². The summed E-state index contributed by atoms with van der Waals surface area (Å²) in [5.41, 5.74) is -0.223. The number of unbranched alkanes of at least 4 members (excludes halogenated alkanes) is 1. The quantitative estimate of drug-likeness (QED) is 0.558. The molecule has 0 radical (unpaired) electrons. The summed E-state index contributed by atoms with van der Waals surface area (Å²) in [4.78, 5) is 0. The Morgan fingerprint density at radius 2 is 1.74 bits per heavy atom. The fourth-order valence-corrected chi connectivity index (χ4v) is 1.73. The summed E-state index contributed by atoms with van der Waals surface area (Å²) in [5, 5.41) is 13.8. The number of rotatable bonds is 6. The van der Waals surface area contributed by atoms with Crippen LogP contribution < -0.4 is 5.14 Å². The van der Waals surface area contributed by atoms with E-state index < -0.39 is 23.7 Å².